The third kappa shape index (κ3) is 3.86. The summed E-state index contributed by atoms with van der Waals surface area (Å²) in [5.41, 5.74) is 2.15. The Morgan fingerprint density at radius 2 is 1.68 bits per heavy atom. The summed E-state index contributed by atoms with van der Waals surface area (Å²) in [6, 6.07) is 18.3. The molecule has 0 unspecified atom stereocenters. The van der Waals surface area contributed by atoms with Gasteiger partial charge >= 0.3 is 0 Å². The number of amides is 1. The lowest BCUT2D eigenvalue weighted by Gasteiger charge is -2.07. The van der Waals surface area contributed by atoms with Crippen molar-refractivity contribution >= 4 is 17.3 Å². The third-order valence-corrected chi connectivity index (χ3v) is 2.52. The van der Waals surface area contributed by atoms with Gasteiger partial charge in [-0.05, 0) is 36.4 Å². The van der Waals surface area contributed by atoms with Crippen LogP contribution in [0.3, 0.4) is 0 Å². The average Bonchev–Trinajstić information content (AvgIpc) is 2.47. The molecule has 0 bridgehead atoms. The molecule has 0 heterocycles. The van der Waals surface area contributed by atoms with E-state index in [1.54, 1.807) is 24.3 Å². The molecular weight excluding hydrogens is 238 g/mol. The molecule has 2 aromatic rings. The van der Waals surface area contributed by atoms with Crippen molar-refractivity contribution in [1.29, 1.82) is 5.26 Å². The Labute approximate surface area is 111 Å². The number of para-hydroxylation sites is 1. The SMILES string of the molecule is N#Cc1ccc(NC(=O)CNc2ccccc2)cc1. The second-order valence-corrected chi connectivity index (χ2v) is 3.96. The molecule has 0 aromatic heterocycles. The molecule has 0 saturated heterocycles. The Morgan fingerprint density at radius 1 is 1.00 bits per heavy atom. The Hall–Kier alpha value is -2.80. The lowest BCUT2D eigenvalue weighted by atomic mass is 10.2. The minimum absolute atomic E-state index is 0.131. The van der Waals surface area contributed by atoms with Gasteiger partial charge in [0, 0.05) is 11.4 Å². The molecule has 94 valence electrons. The molecule has 2 N–H and O–H groups in total. The Balaban J connectivity index is 1.86. The molecular formula is C15H13N3O. The average molecular weight is 251 g/mol. The van der Waals surface area contributed by atoms with Crippen LogP contribution in [0.15, 0.2) is 54.6 Å². The number of nitriles is 1. The van der Waals surface area contributed by atoms with Crippen molar-refractivity contribution in [3.63, 3.8) is 0 Å². The van der Waals surface area contributed by atoms with Crippen LogP contribution in [0.2, 0.25) is 0 Å². The van der Waals surface area contributed by atoms with E-state index in [2.05, 4.69) is 10.6 Å². The Kier molecular flexibility index (Phi) is 4.14. The highest BCUT2D eigenvalue weighted by molar-refractivity contribution is 5.93. The topological polar surface area (TPSA) is 64.9 Å². The number of hydrogen-bond acceptors (Lipinski definition) is 3. The summed E-state index contributed by atoms with van der Waals surface area (Å²) in [5.74, 6) is -0.131. The maximum absolute atomic E-state index is 11.7. The highest BCUT2D eigenvalue weighted by atomic mass is 16.1. The summed E-state index contributed by atoms with van der Waals surface area (Å²) in [7, 11) is 0. The van der Waals surface area contributed by atoms with Gasteiger partial charge in [-0.15, -0.1) is 0 Å². The van der Waals surface area contributed by atoms with Gasteiger partial charge in [0.15, 0.2) is 0 Å². The number of benzene rings is 2. The van der Waals surface area contributed by atoms with Gasteiger partial charge in [-0.3, -0.25) is 4.79 Å². The number of carbonyl (C=O) groups is 1. The third-order valence-electron chi connectivity index (χ3n) is 2.52. The first-order chi connectivity index (χ1) is 9.28. The molecule has 0 aliphatic carbocycles. The standard InChI is InChI=1S/C15H13N3O/c16-10-12-6-8-14(9-7-12)18-15(19)11-17-13-4-2-1-3-5-13/h1-9,17H,11H2,(H,18,19). The summed E-state index contributed by atoms with van der Waals surface area (Å²) in [6.45, 7) is 0.198. The fourth-order valence-electron chi connectivity index (χ4n) is 1.57. The zero-order valence-corrected chi connectivity index (χ0v) is 10.3. The van der Waals surface area contributed by atoms with Crippen LogP contribution < -0.4 is 10.6 Å². The van der Waals surface area contributed by atoms with Gasteiger partial charge in [0.2, 0.25) is 5.91 Å². The van der Waals surface area contributed by atoms with E-state index in [0.29, 0.717) is 11.3 Å². The van der Waals surface area contributed by atoms with Crippen LogP contribution in [0, 0.1) is 11.3 Å². The highest BCUT2D eigenvalue weighted by Gasteiger charge is 2.02. The number of hydrogen-bond donors (Lipinski definition) is 2. The van der Waals surface area contributed by atoms with E-state index in [-0.39, 0.29) is 12.5 Å². The predicted octanol–water partition coefficient (Wildman–Crippen LogP) is 2.61. The molecule has 0 aliphatic rings. The molecule has 2 rings (SSSR count). The summed E-state index contributed by atoms with van der Waals surface area (Å²) in [4.78, 5) is 11.7. The molecule has 19 heavy (non-hydrogen) atoms. The molecule has 4 heteroatoms. The van der Waals surface area contributed by atoms with E-state index >= 15 is 0 Å². The summed E-state index contributed by atoms with van der Waals surface area (Å²) < 4.78 is 0. The lowest BCUT2D eigenvalue weighted by molar-refractivity contribution is -0.114. The molecule has 0 aliphatic heterocycles. The van der Waals surface area contributed by atoms with Crippen LogP contribution >= 0.6 is 0 Å². The Morgan fingerprint density at radius 3 is 2.32 bits per heavy atom. The van der Waals surface area contributed by atoms with Crippen LogP contribution in [-0.2, 0) is 4.79 Å². The molecule has 2 aromatic carbocycles. The smallest absolute Gasteiger partial charge is 0.243 e. The second kappa shape index (κ2) is 6.22. The van der Waals surface area contributed by atoms with Gasteiger partial charge in [0.05, 0.1) is 18.2 Å². The minimum atomic E-state index is -0.131. The van der Waals surface area contributed by atoms with Crippen LogP contribution in [0.1, 0.15) is 5.56 Å². The van der Waals surface area contributed by atoms with Crippen molar-refractivity contribution in [2.75, 3.05) is 17.2 Å². The van der Waals surface area contributed by atoms with Crippen molar-refractivity contribution < 1.29 is 4.79 Å². The van der Waals surface area contributed by atoms with E-state index in [4.69, 9.17) is 5.26 Å². The van der Waals surface area contributed by atoms with Gasteiger partial charge in [0.1, 0.15) is 0 Å². The van der Waals surface area contributed by atoms with Crippen molar-refractivity contribution in [2.45, 2.75) is 0 Å². The van der Waals surface area contributed by atoms with Gasteiger partial charge < -0.3 is 10.6 Å². The van der Waals surface area contributed by atoms with Gasteiger partial charge in [-0.1, -0.05) is 18.2 Å². The molecule has 0 fully saturated rings. The summed E-state index contributed by atoms with van der Waals surface area (Å²) >= 11 is 0. The first-order valence-corrected chi connectivity index (χ1v) is 5.87. The maximum atomic E-state index is 11.7. The first-order valence-electron chi connectivity index (χ1n) is 5.87. The fourth-order valence-corrected chi connectivity index (χ4v) is 1.57. The lowest BCUT2D eigenvalue weighted by Crippen LogP contribution is -2.21. The second-order valence-electron chi connectivity index (χ2n) is 3.96. The largest absolute Gasteiger partial charge is 0.376 e. The van der Waals surface area contributed by atoms with Crippen LogP contribution in [0.25, 0.3) is 0 Å². The monoisotopic (exact) mass is 251 g/mol. The number of nitrogens with one attached hydrogen (secondary N) is 2. The molecule has 4 nitrogen and oxygen atoms in total. The number of anilines is 2. The van der Waals surface area contributed by atoms with Crippen molar-refractivity contribution in [3.05, 3.63) is 60.2 Å². The van der Waals surface area contributed by atoms with Crippen molar-refractivity contribution in [3.8, 4) is 6.07 Å². The molecule has 1 amide bonds. The first kappa shape index (κ1) is 12.7. The van der Waals surface area contributed by atoms with E-state index < -0.39 is 0 Å². The van der Waals surface area contributed by atoms with E-state index in [1.807, 2.05) is 36.4 Å². The fraction of sp³-hybridized carbons (Fsp3) is 0.0667. The van der Waals surface area contributed by atoms with Crippen LogP contribution in [-0.4, -0.2) is 12.5 Å². The minimum Gasteiger partial charge on any atom is -0.376 e. The molecule has 0 spiro atoms. The zero-order valence-electron chi connectivity index (χ0n) is 10.3. The normalized spacial score (nSPS) is 9.42. The van der Waals surface area contributed by atoms with Gasteiger partial charge in [-0.2, -0.15) is 5.26 Å². The van der Waals surface area contributed by atoms with Crippen molar-refractivity contribution in [1.82, 2.24) is 0 Å². The maximum Gasteiger partial charge on any atom is 0.243 e. The van der Waals surface area contributed by atoms with Gasteiger partial charge in [-0.25, -0.2) is 0 Å². The molecule has 0 saturated carbocycles. The van der Waals surface area contributed by atoms with Crippen molar-refractivity contribution in [2.24, 2.45) is 0 Å². The number of nitrogens with zero attached hydrogens (tertiary/aromatic N) is 1. The Bertz CT molecular complexity index is 585. The van der Waals surface area contributed by atoms with Gasteiger partial charge in [0.25, 0.3) is 0 Å². The zero-order chi connectivity index (χ0) is 13.5. The van der Waals surface area contributed by atoms with E-state index in [9.17, 15) is 4.79 Å². The van der Waals surface area contributed by atoms with E-state index in [1.165, 1.54) is 0 Å². The predicted molar refractivity (Wildman–Crippen MR) is 74.7 cm³/mol. The van der Waals surface area contributed by atoms with Crippen LogP contribution in [0.5, 0.6) is 0 Å². The number of rotatable bonds is 4. The van der Waals surface area contributed by atoms with Crippen LogP contribution in [0.4, 0.5) is 11.4 Å². The highest BCUT2D eigenvalue weighted by Crippen LogP contribution is 2.09. The summed E-state index contributed by atoms with van der Waals surface area (Å²) in [6.07, 6.45) is 0. The summed E-state index contributed by atoms with van der Waals surface area (Å²) in [5, 5.41) is 14.4. The molecule has 0 radical (unpaired) electrons. The number of carbonyl (C=O) groups excluding carboxylic acids is 1. The van der Waals surface area contributed by atoms with E-state index in [0.717, 1.165) is 5.69 Å². The quantitative estimate of drug-likeness (QED) is 0.877. The molecule has 0 atom stereocenters.